The fourth-order valence-corrected chi connectivity index (χ4v) is 2.26. The van der Waals surface area contributed by atoms with Crippen LogP contribution >= 0.6 is 0 Å². The zero-order valence-electron chi connectivity index (χ0n) is 13.1. The lowest BCUT2D eigenvalue weighted by molar-refractivity contribution is -0.146. The maximum Gasteiger partial charge on any atom is 0.306 e. The van der Waals surface area contributed by atoms with Crippen LogP contribution in [0.15, 0.2) is 0 Å². The molecular weight excluding hydrogens is 256 g/mol. The quantitative estimate of drug-likeness (QED) is 0.525. The summed E-state index contributed by atoms with van der Waals surface area (Å²) < 4.78 is 5.11. The highest BCUT2D eigenvalue weighted by molar-refractivity contribution is 5.81. The second-order valence-corrected chi connectivity index (χ2v) is 5.94. The maximum atomic E-state index is 11.9. The second kappa shape index (κ2) is 8.95. The van der Waals surface area contributed by atoms with Crippen molar-refractivity contribution in [1.82, 2.24) is 9.80 Å². The molecule has 1 amide bonds. The summed E-state index contributed by atoms with van der Waals surface area (Å²) in [5.41, 5.74) is 0. The number of carbonyl (C=O) groups excluding carboxylic acids is 2. The van der Waals surface area contributed by atoms with E-state index in [2.05, 4.69) is 11.8 Å². The van der Waals surface area contributed by atoms with E-state index < -0.39 is 0 Å². The minimum atomic E-state index is -0.262. The van der Waals surface area contributed by atoms with E-state index in [9.17, 15) is 9.59 Å². The molecule has 0 aromatic heterocycles. The molecule has 0 saturated carbocycles. The molecule has 0 bridgehead atoms. The van der Waals surface area contributed by atoms with Crippen molar-refractivity contribution in [1.29, 1.82) is 0 Å². The number of ether oxygens (including phenoxy) is 1. The third-order valence-corrected chi connectivity index (χ3v) is 3.69. The minimum absolute atomic E-state index is 0.0853. The molecule has 1 aliphatic heterocycles. The van der Waals surface area contributed by atoms with Crippen LogP contribution in [0.3, 0.4) is 0 Å². The average Bonchev–Trinajstić information content (AvgIpc) is 2.41. The van der Waals surface area contributed by atoms with Crippen LogP contribution in [0.2, 0.25) is 0 Å². The zero-order valence-corrected chi connectivity index (χ0v) is 13.1. The fraction of sp³-hybridized carbons (Fsp3) is 0.867. The van der Waals surface area contributed by atoms with Gasteiger partial charge in [0, 0.05) is 26.1 Å². The van der Waals surface area contributed by atoms with Crippen LogP contribution in [-0.2, 0) is 14.3 Å². The molecule has 20 heavy (non-hydrogen) atoms. The van der Waals surface area contributed by atoms with Gasteiger partial charge in [-0.15, -0.1) is 0 Å². The number of likely N-dealkylation sites (tertiary alicyclic amines) is 1. The molecule has 1 aliphatic rings. The lowest BCUT2D eigenvalue weighted by atomic mass is 9.99. The molecule has 5 nitrogen and oxygen atoms in total. The van der Waals surface area contributed by atoms with Crippen LogP contribution in [0.4, 0.5) is 0 Å². The van der Waals surface area contributed by atoms with Crippen molar-refractivity contribution >= 4 is 11.9 Å². The Kier molecular flexibility index (Phi) is 7.59. The van der Waals surface area contributed by atoms with Crippen molar-refractivity contribution in [3.05, 3.63) is 0 Å². The van der Waals surface area contributed by atoms with E-state index in [1.54, 1.807) is 0 Å². The standard InChI is InChI=1S/C15H28N2O3/c1-13-7-10-17(11-8-13)14(18)5-6-15(19)20-12-4-9-16(2)3/h13H,4-12H2,1-3H3. The van der Waals surface area contributed by atoms with Gasteiger partial charge >= 0.3 is 5.97 Å². The predicted molar refractivity (Wildman–Crippen MR) is 78.3 cm³/mol. The summed E-state index contributed by atoms with van der Waals surface area (Å²) in [4.78, 5) is 27.4. The van der Waals surface area contributed by atoms with E-state index >= 15 is 0 Å². The van der Waals surface area contributed by atoms with Gasteiger partial charge in [-0.1, -0.05) is 6.92 Å². The van der Waals surface area contributed by atoms with Crippen LogP contribution in [0, 0.1) is 5.92 Å². The van der Waals surface area contributed by atoms with Gasteiger partial charge in [-0.3, -0.25) is 9.59 Å². The van der Waals surface area contributed by atoms with Crippen molar-refractivity contribution in [2.75, 3.05) is 40.3 Å². The van der Waals surface area contributed by atoms with Crippen molar-refractivity contribution in [2.24, 2.45) is 5.92 Å². The summed E-state index contributed by atoms with van der Waals surface area (Å²) in [6, 6.07) is 0. The molecule has 0 spiro atoms. The Morgan fingerprint density at radius 3 is 2.45 bits per heavy atom. The third-order valence-electron chi connectivity index (χ3n) is 3.69. The molecule has 1 heterocycles. The number of hydrogen-bond donors (Lipinski definition) is 0. The lowest BCUT2D eigenvalue weighted by Crippen LogP contribution is -2.38. The SMILES string of the molecule is CC1CCN(C(=O)CCC(=O)OCCCN(C)C)CC1. The second-order valence-electron chi connectivity index (χ2n) is 5.94. The first-order valence-electron chi connectivity index (χ1n) is 7.57. The smallest absolute Gasteiger partial charge is 0.306 e. The number of hydrogen-bond acceptors (Lipinski definition) is 4. The zero-order chi connectivity index (χ0) is 15.0. The van der Waals surface area contributed by atoms with Gasteiger partial charge in [-0.2, -0.15) is 0 Å². The highest BCUT2D eigenvalue weighted by Gasteiger charge is 2.20. The predicted octanol–water partition coefficient (Wildman–Crippen LogP) is 1.52. The average molecular weight is 284 g/mol. The number of esters is 1. The van der Waals surface area contributed by atoms with E-state index in [1.807, 2.05) is 19.0 Å². The molecule has 1 saturated heterocycles. The van der Waals surface area contributed by atoms with Crippen molar-refractivity contribution in [3.63, 3.8) is 0 Å². The summed E-state index contributed by atoms with van der Waals surface area (Å²) in [7, 11) is 3.97. The summed E-state index contributed by atoms with van der Waals surface area (Å²) in [5, 5.41) is 0. The Morgan fingerprint density at radius 1 is 1.20 bits per heavy atom. The summed E-state index contributed by atoms with van der Waals surface area (Å²) >= 11 is 0. The van der Waals surface area contributed by atoms with Gasteiger partial charge in [0.2, 0.25) is 5.91 Å². The molecule has 5 heteroatoms. The van der Waals surface area contributed by atoms with Crippen molar-refractivity contribution in [3.8, 4) is 0 Å². The largest absolute Gasteiger partial charge is 0.466 e. The molecule has 1 fully saturated rings. The first kappa shape index (κ1) is 17.0. The Balaban J connectivity index is 2.09. The van der Waals surface area contributed by atoms with E-state index in [1.165, 1.54) is 0 Å². The summed E-state index contributed by atoms with van der Waals surface area (Å²) in [6.07, 6.45) is 3.45. The van der Waals surface area contributed by atoms with Gasteiger partial charge in [0.1, 0.15) is 0 Å². The van der Waals surface area contributed by atoms with E-state index in [-0.39, 0.29) is 24.7 Å². The number of rotatable bonds is 7. The van der Waals surface area contributed by atoms with Crippen molar-refractivity contribution in [2.45, 2.75) is 39.0 Å². The van der Waals surface area contributed by atoms with Gasteiger partial charge < -0.3 is 14.5 Å². The molecule has 0 aromatic carbocycles. The number of carbonyl (C=O) groups is 2. The molecular formula is C15H28N2O3. The molecule has 0 aromatic rings. The number of amides is 1. The van der Waals surface area contributed by atoms with Crippen molar-refractivity contribution < 1.29 is 14.3 Å². The summed E-state index contributed by atoms with van der Waals surface area (Å²) in [6.45, 7) is 5.22. The van der Waals surface area contributed by atoms with Gasteiger partial charge in [0.15, 0.2) is 0 Å². The minimum Gasteiger partial charge on any atom is -0.466 e. The molecule has 0 unspecified atom stereocenters. The molecule has 116 valence electrons. The highest BCUT2D eigenvalue weighted by Crippen LogP contribution is 2.16. The van der Waals surface area contributed by atoms with Crippen LogP contribution in [0.5, 0.6) is 0 Å². The molecule has 1 rings (SSSR count). The highest BCUT2D eigenvalue weighted by atomic mass is 16.5. The monoisotopic (exact) mass is 284 g/mol. The fourth-order valence-electron chi connectivity index (χ4n) is 2.26. The molecule has 0 aliphatic carbocycles. The number of nitrogens with zero attached hydrogens (tertiary/aromatic N) is 2. The normalized spacial score (nSPS) is 16.5. The number of piperidine rings is 1. The lowest BCUT2D eigenvalue weighted by Gasteiger charge is -2.30. The maximum absolute atomic E-state index is 11.9. The van der Waals surface area contributed by atoms with Crippen LogP contribution in [-0.4, -0.2) is 62.0 Å². The Morgan fingerprint density at radius 2 is 1.85 bits per heavy atom. The topological polar surface area (TPSA) is 49.9 Å². The first-order valence-corrected chi connectivity index (χ1v) is 7.57. The van der Waals surface area contributed by atoms with Crippen LogP contribution in [0.25, 0.3) is 0 Å². The van der Waals surface area contributed by atoms with Gasteiger partial charge in [0.05, 0.1) is 13.0 Å². The Hall–Kier alpha value is -1.10. The van der Waals surface area contributed by atoms with Crippen LogP contribution in [0.1, 0.15) is 39.0 Å². The van der Waals surface area contributed by atoms with E-state index in [4.69, 9.17) is 4.74 Å². The van der Waals surface area contributed by atoms with E-state index in [0.29, 0.717) is 12.5 Å². The van der Waals surface area contributed by atoms with E-state index in [0.717, 1.165) is 38.9 Å². The summed E-state index contributed by atoms with van der Waals surface area (Å²) in [5.74, 6) is 0.533. The molecule has 0 atom stereocenters. The molecule has 0 radical (unpaired) electrons. The Labute approximate surface area is 122 Å². The van der Waals surface area contributed by atoms with Gasteiger partial charge in [-0.05, 0) is 39.3 Å². The van der Waals surface area contributed by atoms with Crippen LogP contribution < -0.4 is 0 Å². The third kappa shape index (κ3) is 6.89. The van der Waals surface area contributed by atoms with Gasteiger partial charge in [-0.25, -0.2) is 0 Å². The molecule has 0 N–H and O–H groups in total. The Bertz CT molecular complexity index is 310. The van der Waals surface area contributed by atoms with Gasteiger partial charge in [0.25, 0.3) is 0 Å². The first-order chi connectivity index (χ1) is 9.49.